The van der Waals surface area contributed by atoms with Gasteiger partial charge < -0.3 is 24.6 Å². The summed E-state index contributed by atoms with van der Waals surface area (Å²) < 4.78 is 16.7. The van der Waals surface area contributed by atoms with Gasteiger partial charge in [0.05, 0.1) is 7.11 Å². The lowest BCUT2D eigenvalue weighted by Crippen LogP contribution is -2.38. The van der Waals surface area contributed by atoms with E-state index in [1.807, 2.05) is 25.1 Å². The zero-order valence-electron chi connectivity index (χ0n) is 18.5. The molecule has 1 heterocycles. The summed E-state index contributed by atoms with van der Waals surface area (Å²) in [7, 11) is 1.59. The molecule has 0 saturated carbocycles. The van der Waals surface area contributed by atoms with Gasteiger partial charge in [0, 0.05) is 44.2 Å². The first-order chi connectivity index (χ1) is 14.9. The Bertz CT molecular complexity index is 873. The van der Waals surface area contributed by atoms with Crippen LogP contribution in [0.25, 0.3) is 0 Å². The van der Waals surface area contributed by atoms with E-state index in [2.05, 4.69) is 29.3 Å². The van der Waals surface area contributed by atoms with Crippen molar-refractivity contribution in [3.8, 4) is 17.2 Å². The highest BCUT2D eigenvalue weighted by atomic mass is 16.5. The van der Waals surface area contributed by atoms with Crippen molar-refractivity contribution in [2.75, 3.05) is 33.4 Å². The number of nitrogens with zero attached hydrogens (tertiary/aromatic N) is 1. The normalized spacial score (nSPS) is 17.1. The second kappa shape index (κ2) is 11.0. The molecule has 2 N–H and O–H groups in total. The maximum atomic E-state index is 12.3. The van der Waals surface area contributed by atoms with Gasteiger partial charge in [0.15, 0.2) is 0 Å². The molecule has 1 aliphatic heterocycles. The molecule has 0 aliphatic carbocycles. The second-order valence-corrected chi connectivity index (χ2v) is 7.97. The second-order valence-electron chi connectivity index (χ2n) is 7.97. The zero-order chi connectivity index (χ0) is 22.2. The fourth-order valence-corrected chi connectivity index (χ4v) is 3.56. The van der Waals surface area contributed by atoms with Crippen molar-refractivity contribution in [2.24, 2.45) is 0 Å². The predicted molar refractivity (Wildman–Crippen MR) is 119 cm³/mol. The molecule has 2 atom stereocenters. The van der Waals surface area contributed by atoms with Crippen LogP contribution in [0, 0.1) is 6.92 Å². The summed E-state index contributed by atoms with van der Waals surface area (Å²) in [6.07, 6.45) is -0.378. The van der Waals surface area contributed by atoms with Gasteiger partial charge in [0.1, 0.15) is 36.1 Å². The van der Waals surface area contributed by atoms with Gasteiger partial charge in [-0.15, -0.1) is 0 Å². The molecule has 7 heteroatoms. The number of hydrogen-bond donors (Lipinski definition) is 2. The van der Waals surface area contributed by atoms with Crippen molar-refractivity contribution in [3.63, 3.8) is 0 Å². The van der Waals surface area contributed by atoms with E-state index in [0.29, 0.717) is 24.5 Å². The van der Waals surface area contributed by atoms with Crippen LogP contribution in [0.2, 0.25) is 0 Å². The standard InChI is InChI=1S/C24H32N2O5/c1-17-7-8-23-19(11-17)15-26(14-18(2)31-23)10-9-24(28)25-13-20(27)16-30-22-6-4-5-21(12-22)29-3/h4-8,11-12,18,20,27H,9-10,13-16H2,1-3H3,(H,25,28). The van der Waals surface area contributed by atoms with Crippen molar-refractivity contribution in [1.29, 1.82) is 0 Å². The first-order valence-electron chi connectivity index (χ1n) is 10.6. The van der Waals surface area contributed by atoms with Crippen LogP contribution in [0.15, 0.2) is 42.5 Å². The summed E-state index contributed by atoms with van der Waals surface area (Å²) >= 11 is 0. The molecule has 7 nitrogen and oxygen atoms in total. The number of hydrogen-bond acceptors (Lipinski definition) is 6. The summed E-state index contributed by atoms with van der Waals surface area (Å²) in [5.41, 5.74) is 2.34. The first kappa shape index (κ1) is 22.9. The van der Waals surface area contributed by atoms with Gasteiger partial charge >= 0.3 is 0 Å². The van der Waals surface area contributed by atoms with Crippen LogP contribution < -0.4 is 19.5 Å². The van der Waals surface area contributed by atoms with E-state index in [4.69, 9.17) is 14.2 Å². The molecular weight excluding hydrogens is 396 g/mol. The van der Waals surface area contributed by atoms with Gasteiger partial charge in [-0.2, -0.15) is 0 Å². The molecule has 0 spiro atoms. The number of methoxy groups -OCH3 is 1. The number of rotatable bonds is 9. The van der Waals surface area contributed by atoms with E-state index in [1.54, 1.807) is 19.2 Å². The fraction of sp³-hybridized carbons (Fsp3) is 0.458. The van der Waals surface area contributed by atoms with Crippen molar-refractivity contribution in [1.82, 2.24) is 10.2 Å². The molecule has 1 aliphatic rings. The van der Waals surface area contributed by atoms with Crippen LogP contribution in [-0.4, -0.2) is 61.5 Å². The highest BCUT2D eigenvalue weighted by molar-refractivity contribution is 5.76. The Balaban J connectivity index is 1.40. The Kier molecular flexibility index (Phi) is 8.14. The topological polar surface area (TPSA) is 80.3 Å². The molecule has 0 aromatic heterocycles. The lowest BCUT2D eigenvalue weighted by molar-refractivity contribution is -0.122. The van der Waals surface area contributed by atoms with E-state index in [0.717, 1.165) is 24.4 Å². The van der Waals surface area contributed by atoms with E-state index < -0.39 is 6.10 Å². The number of carbonyl (C=O) groups is 1. The van der Waals surface area contributed by atoms with Crippen LogP contribution in [0.3, 0.4) is 0 Å². The molecular formula is C24H32N2O5. The third-order valence-electron chi connectivity index (χ3n) is 5.13. The third kappa shape index (κ3) is 7.15. The van der Waals surface area contributed by atoms with Gasteiger partial charge in [-0.05, 0) is 32.0 Å². The number of fused-ring (bicyclic) bond motifs is 1. The molecule has 31 heavy (non-hydrogen) atoms. The number of ether oxygens (including phenoxy) is 3. The maximum Gasteiger partial charge on any atom is 0.221 e. The molecule has 2 aromatic rings. The minimum absolute atomic E-state index is 0.0580. The number of aliphatic hydroxyl groups is 1. The van der Waals surface area contributed by atoms with E-state index in [1.165, 1.54) is 5.56 Å². The number of aryl methyl sites for hydroxylation is 1. The monoisotopic (exact) mass is 428 g/mol. The first-order valence-corrected chi connectivity index (χ1v) is 10.6. The Morgan fingerprint density at radius 3 is 2.90 bits per heavy atom. The molecule has 0 fully saturated rings. The third-order valence-corrected chi connectivity index (χ3v) is 5.13. The van der Waals surface area contributed by atoms with Crippen LogP contribution in [-0.2, 0) is 11.3 Å². The van der Waals surface area contributed by atoms with Crippen LogP contribution in [0.5, 0.6) is 17.2 Å². The summed E-state index contributed by atoms with van der Waals surface area (Å²) in [5, 5.41) is 12.9. The highest BCUT2D eigenvalue weighted by Gasteiger charge is 2.20. The Morgan fingerprint density at radius 1 is 1.29 bits per heavy atom. The van der Waals surface area contributed by atoms with Gasteiger partial charge in [0.2, 0.25) is 5.91 Å². The molecule has 0 radical (unpaired) electrons. The highest BCUT2D eigenvalue weighted by Crippen LogP contribution is 2.26. The zero-order valence-corrected chi connectivity index (χ0v) is 18.5. The van der Waals surface area contributed by atoms with Gasteiger partial charge in [0.25, 0.3) is 0 Å². The Labute approximate surface area is 183 Å². The number of aliphatic hydroxyl groups excluding tert-OH is 1. The maximum absolute atomic E-state index is 12.3. The summed E-state index contributed by atoms with van der Waals surface area (Å²) in [6.45, 7) is 6.48. The molecule has 2 unspecified atom stereocenters. The van der Waals surface area contributed by atoms with Crippen molar-refractivity contribution in [2.45, 2.75) is 39.0 Å². The van der Waals surface area contributed by atoms with Crippen LogP contribution in [0.4, 0.5) is 0 Å². The van der Waals surface area contributed by atoms with Gasteiger partial charge in [-0.3, -0.25) is 9.69 Å². The quantitative estimate of drug-likeness (QED) is 0.639. The minimum Gasteiger partial charge on any atom is -0.497 e. The van der Waals surface area contributed by atoms with E-state index in [9.17, 15) is 9.90 Å². The Morgan fingerprint density at radius 2 is 2.10 bits per heavy atom. The predicted octanol–water partition coefficient (Wildman–Crippen LogP) is 2.53. The molecule has 2 aromatic carbocycles. The average molecular weight is 429 g/mol. The SMILES string of the molecule is COc1cccc(OCC(O)CNC(=O)CCN2Cc3cc(C)ccc3OC(C)C2)c1. The molecule has 1 amide bonds. The van der Waals surface area contributed by atoms with Crippen molar-refractivity contribution < 1.29 is 24.1 Å². The van der Waals surface area contributed by atoms with Crippen LogP contribution in [0.1, 0.15) is 24.5 Å². The molecule has 168 valence electrons. The van der Waals surface area contributed by atoms with E-state index in [-0.39, 0.29) is 25.2 Å². The number of nitrogens with one attached hydrogen (secondary N) is 1. The van der Waals surface area contributed by atoms with Gasteiger partial charge in [-0.1, -0.05) is 23.8 Å². The minimum atomic E-state index is -0.795. The largest absolute Gasteiger partial charge is 0.497 e. The smallest absolute Gasteiger partial charge is 0.221 e. The molecule has 0 saturated heterocycles. The van der Waals surface area contributed by atoms with Crippen molar-refractivity contribution in [3.05, 3.63) is 53.6 Å². The summed E-state index contributed by atoms with van der Waals surface area (Å²) in [4.78, 5) is 14.5. The average Bonchev–Trinajstić information content (AvgIpc) is 2.92. The molecule has 3 rings (SSSR count). The Hall–Kier alpha value is -2.77. The van der Waals surface area contributed by atoms with Gasteiger partial charge in [-0.25, -0.2) is 0 Å². The van der Waals surface area contributed by atoms with Crippen molar-refractivity contribution >= 4 is 5.91 Å². The fourth-order valence-electron chi connectivity index (χ4n) is 3.56. The number of amides is 1. The number of carbonyl (C=O) groups excluding carboxylic acids is 1. The summed E-state index contributed by atoms with van der Waals surface area (Å²) in [6, 6.07) is 13.4. The number of benzene rings is 2. The molecule has 0 bridgehead atoms. The van der Waals surface area contributed by atoms with Crippen LogP contribution >= 0.6 is 0 Å². The summed E-state index contributed by atoms with van der Waals surface area (Å²) in [5.74, 6) is 2.12. The lowest BCUT2D eigenvalue weighted by Gasteiger charge is -2.21. The van der Waals surface area contributed by atoms with E-state index >= 15 is 0 Å². The lowest BCUT2D eigenvalue weighted by atomic mass is 10.1.